The van der Waals surface area contributed by atoms with Crippen molar-refractivity contribution < 1.29 is 4.74 Å². The van der Waals surface area contributed by atoms with Gasteiger partial charge in [-0.25, -0.2) is 4.68 Å². The first-order chi connectivity index (χ1) is 13.2. The zero-order chi connectivity index (χ0) is 18.6. The number of ether oxygens (including phenoxy) is 1. The van der Waals surface area contributed by atoms with Crippen LogP contribution in [0.25, 0.3) is 0 Å². The van der Waals surface area contributed by atoms with Gasteiger partial charge < -0.3 is 9.64 Å². The van der Waals surface area contributed by atoms with Crippen LogP contribution in [0.3, 0.4) is 0 Å². The smallest absolute Gasteiger partial charge is 0.0967 e. The lowest BCUT2D eigenvalue weighted by molar-refractivity contribution is -0.0707. The zero-order valence-electron chi connectivity index (χ0n) is 17.2. The summed E-state index contributed by atoms with van der Waals surface area (Å²) in [4.78, 5) is 5.21. The summed E-state index contributed by atoms with van der Waals surface area (Å²) in [6.07, 6.45) is 13.8. The first-order valence-corrected chi connectivity index (χ1v) is 11.2. The monoisotopic (exact) mass is 375 g/mol. The molecule has 3 aliphatic rings. The summed E-state index contributed by atoms with van der Waals surface area (Å²) in [5.41, 5.74) is 1.10. The van der Waals surface area contributed by atoms with E-state index in [4.69, 9.17) is 4.74 Å². The van der Waals surface area contributed by atoms with Crippen molar-refractivity contribution in [2.24, 2.45) is 0 Å². The molecule has 3 fully saturated rings. The van der Waals surface area contributed by atoms with Crippen LogP contribution in [0, 0.1) is 0 Å². The van der Waals surface area contributed by atoms with E-state index in [1.165, 1.54) is 64.5 Å². The second kappa shape index (κ2) is 9.01. The van der Waals surface area contributed by atoms with Crippen LogP contribution in [0.4, 0.5) is 0 Å². The predicted molar refractivity (Wildman–Crippen MR) is 107 cm³/mol. The van der Waals surface area contributed by atoms with Crippen molar-refractivity contribution in [3.8, 4) is 0 Å². The van der Waals surface area contributed by atoms with Gasteiger partial charge in [-0.15, -0.1) is 5.10 Å². The molecule has 6 heteroatoms. The van der Waals surface area contributed by atoms with E-state index in [1.807, 2.05) is 0 Å². The molecule has 152 valence electrons. The molecule has 0 N–H and O–H groups in total. The Hall–Kier alpha value is -0.980. The van der Waals surface area contributed by atoms with Crippen LogP contribution in [-0.4, -0.2) is 69.2 Å². The van der Waals surface area contributed by atoms with Crippen molar-refractivity contribution in [2.45, 2.75) is 96.1 Å². The Kier molecular flexibility index (Phi) is 6.46. The maximum Gasteiger partial charge on any atom is 0.0967 e. The molecule has 0 bridgehead atoms. The van der Waals surface area contributed by atoms with Crippen molar-refractivity contribution in [3.63, 3.8) is 0 Å². The van der Waals surface area contributed by atoms with Crippen molar-refractivity contribution >= 4 is 0 Å². The van der Waals surface area contributed by atoms with Gasteiger partial charge in [0.05, 0.1) is 30.1 Å². The molecule has 1 aromatic rings. The van der Waals surface area contributed by atoms with Gasteiger partial charge in [-0.3, -0.25) is 4.90 Å². The van der Waals surface area contributed by atoms with Crippen LogP contribution in [0.1, 0.15) is 76.9 Å². The molecular weight excluding hydrogens is 338 g/mol. The number of morpholine rings is 1. The molecule has 2 saturated heterocycles. The topological polar surface area (TPSA) is 46.4 Å². The molecule has 1 saturated carbocycles. The molecule has 6 nitrogen and oxygen atoms in total. The van der Waals surface area contributed by atoms with Crippen LogP contribution in [0.15, 0.2) is 6.20 Å². The van der Waals surface area contributed by atoms with Gasteiger partial charge in [0.1, 0.15) is 0 Å². The van der Waals surface area contributed by atoms with E-state index in [-0.39, 0.29) is 0 Å². The van der Waals surface area contributed by atoms with Gasteiger partial charge in [0, 0.05) is 38.8 Å². The number of nitrogens with zero attached hydrogens (tertiary/aromatic N) is 5. The maximum absolute atomic E-state index is 5.83. The molecule has 3 heterocycles. The van der Waals surface area contributed by atoms with Crippen molar-refractivity contribution in [2.75, 3.05) is 26.2 Å². The van der Waals surface area contributed by atoms with Gasteiger partial charge in [-0.2, -0.15) is 0 Å². The number of likely N-dealkylation sites (tertiary alicyclic amines) is 1. The van der Waals surface area contributed by atoms with E-state index in [0.717, 1.165) is 31.4 Å². The SMILES string of the molecule is C[C@@H]1CN(Cc2cn(C3CCN(C4CCCCCC4)CC3)nn2)C[C@H](C)O1. The number of aromatic nitrogens is 3. The fourth-order valence-electron chi connectivity index (χ4n) is 5.35. The average Bonchev–Trinajstić information content (AvgIpc) is 2.94. The minimum absolute atomic E-state index is 0.303. The maximum atomic E-state index is 5.83. The lowest BCUT2D eigenvalue weighted by Gasteiger charge is -2.37. The van der Waals surface area contributed by atoms with Gasteiger partial charge in [-0.05, 0) is 39.5 Å². The Bertz CT molecular complexity index is 565. The van der Waals surface area contributed by atoms with Gasteiger partial charge >= 0.3 is 0 Å². The van der Waals surface area contributed by atoms with E-state index in [0.29, 0.717) is 18.2 Å². The normalized spacial score (nSPS) is 30.4. The molecule has 0 aromatic carbocycles. The van der Waals surface area contributed by atoms with Gasteiger partial charge in [0.2, 0.25) is 0 Å². The molecule has 0 radical (unpaired) electrons. The Labute approximate surface area is 164 Å². The standard InChI is InChI=1S/C21H37N5O/c1-17-13-24(14-18(2)27-17)15-19-16-26(23-22-19)21-9-11-25(12-10-21)20-7-5-3-4-6-8-20/h16-18,20-21H,3-15H2,1-2H3/t17-,18+. The molecule has 2 aliphatic heterocycles. The Morgan fingerprint density at radius 1 is 0.926 bits per heavy atom. The van der Waals surface area contributed by atoms with Crippen molar-refractivity contribution in [1.29, 1.82) is 0 Å². The van der Waals surface area contributed by atoms with E-state index in [2.05, 4.69) is 44.8 Å². The summed E-state index contributed by atoms with van der Waals surface area (Å²) in [6.45, 7) is 9.61. The lowest BCUT2D eigenvalue weighted by atomic mass is 10.00. The molecule has 1 aliphatic carbocycles. The summed E-state index contributed by atoms with van der Waals surface area (Å²) in [5.74, 6) is 0. The molecule has 0 unspecified atom stereocenters. The van der Waals surface area contributed by atoms with E-state index in [9.17, 15) is 0 Å². The highest BCUT2D eigenvalue weighted by molar-refractivity contribution is 4.95. The highest BCUT2D eigenvalue weighted by Gasteiger charge is 2.27. The minimum Gasteiger partial charge on any atom is -0.373 e. The molecule has 27 heavy (non-hydrogen) atoms. The average molecular weight is 376 g/mol. The first kappa shape index (κ1) is 19.3. The van der Waals surface area contributed by atoms with E-state index < -0.39 is 0 Å². The van der Waals surface area contributed by atoms with Gasteiger partial charge in [0.25, 0.3) is 0 Å². The molecule has 2 atom stereocenters. The third-order valence-electron chi connectivity index (χ3n) is 6.65. The lowest BCUT2D eigenvalue weighted by Crippen LogP contribution is -2.44. The molecule has 1 aromatic heterocycles. The van der Waals surface area contributed by atoms with Crippen molar-refractivity contribution in [1.82, 2.24) is 24.8 Å². The molecule has 4 rings (SSSR count). The fraction of sp³-hybridized carbons (Fsp3) is 0.905. The fourth-order valence-corrected chi connectivity index (χ4v) is 5.35. The van der Waals surface area contributed by atoms with Crippen molar-refractivity contribution in [3.05, 3.63) is 11.9 Å². The Morgan fingerprint density at radius 3 is 2.26 bits per heavy atom. The quantitative estimate of drug-likeness (QED) is 0.756. The minimum atomic E-state index is 0.303. The van der Waals surface area contributed by atoms with Gasteiger partial charge in [0.15, 0.2) is 0 Å². The predicted octanol–water partition coefficient (Wildman–Crippen LogP) is 3.25. The summed E-state index contributed by atoms with van der Waals surface area (Å²) < 4.78 is 7.98. The highest BCUT2D eigenvalue weighted by atomic mass is 16.5. The molecule has 0 spiro atoms. The highest BCUT2D eigenvalue weighted by Crippen LogP contribution is 2.28. The first-order valence-electron chi connectivity index (χ1n) is 11.2. The number of hydrogen-bond acceptors (Lipinski definition) is 5. The second-order valence-electron chi connectivity index (χ2n) is 9.05. The summed E-state index contributed by atoms with van der Waals surface area (Å²) in [5, 5.41) is 8.96. The number of piperidine rings is 1. The van der Waals surface area contributed by atoms with Gasteiger partial charge in [-0.1, -0.05) is 30.9 Å². The molecule has 0 amide bonds. The summed E-state index contributed by atoms with van der Waals surface area (Å²) in [6, 6.07) is 1.36. The van der Waals surface area contributed by atoms with Crippen LogP contribution in [0.5, 0.6) is 0 Å². The zero-order valence-corrected chi connectivity index (χ0v) is 17.2. The number of rotatable bonds is 4. The van der Waals surface area contributed by atoms with Crippen LogP contribution in [-0.2, 0) is 11.3 Å². The summed E-state index contributed by atoms with van der Waals surface area (Å²) >= 11 is 0. The third kappa shape index (κ3) is 5.09. The Balaban J connectivity index is 1.28. The summed E-state index contributed by atoms with van der Waals surface area (Å²) in [7, 11) is 0. The molecular formula is C21H37N5O. The third-order valence-corrected chi connectivity index (χ3v) is 6.65. The van der Waals surface area contributed by atoms with Crippen LogP contribution < -0.4 is 0 Å². The van der Waals surface area contributed by atoms with E-state index >= 15 is 0 Å². The van der Waals surface area contributed by atoms with Crippen LogP contribution >= 0.6 is 0 Å². The second-order valence-corrected chi connectivity index (χ2v) is 9.05. The largest absolute Gasteiger partial charge is 0.373 e. The number of hydrogen-bond donors (Lipinski definition) is 0. The van der Waals surface area contributed by atoms with E-state index in [1.54, 1.807) is 0 Å². The van der Waals surface area contributed by atoms with Crippen LogP contribution in [0.2, 0.25) is 0 Å². The Morgan fingerprint density at radius 2 is 1.59 bits per heavy atom.